The largest absolute Gasteiger partial charge is 0.497 e. The Kier molecular flexibility index (Phi) is 7.46. The van der Waals surface area contributed by atoms with E-state index >= 15 is 0 Å². The molecule has 1 fully saturated rings. The highest BCUT2D eigenvalue weighted by Crippen LogP contribution is 2.20. The predicted molar refractivity (Wildman–Crippen MR) is 117 cm³/mol. The van der Waals surface area contributed by atoms with Gasteiger partial charge in [0, 0.05) is 18.7 Å². The van der Waals surface area contributed by atoms with Gasteiger partial charge in [-0.3, -0.25) is 4.79 Å². The zero-order chi connectivity index (χ0) is 22.3. The number of sulfone groups is 1. The highest BCUT2D eigenvalue weighted by atomic mass is 32.2. The fraction of sp³-hybridized carbons (Fsp3) is 0.304. The summed E-state index contributed by atoms with van der Waals surface area (Å²) in [5, 5.41) is 0. The van der Waals surface area contributed by atoms with Gasteiger partial charge in [-0.05, 0) is 35.8 Å². The molecule has 1 heterocycles. The van der Waals surface area contributed by atoms with Gasteiger partial charge >= 0.3 is 5.97 Å². The molecule has 2 aromatic rings. The van der Waals surface area contributed by atoms with E-state index in [-0.39, 0.29) is 18.1 Å². The summed E-state index contributed by atoms with van der Waals surface area (Å²) in [5.41, 5.74) is 1.63. The zero-order valence-electron chi connectivity index (χ0n) is 17.3. The lowest BCUT2D eigenvalue weighted by Crippen LogP contribution is -2.42. The number of carbonyl (C=O) groups excluding carboxylic acids is 2. The van der Waals surface area contributed by atoms with Crippen LogP contribution in [0.15, 0.2) is 60.7 Å². The number of hydrogen-bond acceptors (Lipinski definition) is 6. The molecule has 0 aromatic heterocycles. The van der Waals surface area contributed by atoms with Gasteiger partial charge in [-0.15, -0.1) is 0 Å². The Balaban J connectivity index is 1.62. The highest BCUT2D eigenvalue weighted by molar-refractivity contribution is 7.91. The maximum absolute atomic E-state index is 12.8. The van der Waals surface area contributed by atoms with Gasteiger partial charge in [0.15, 0.2) is 16.4 Å². The third-order valence-corrected chi connectivity index (χ3v) is 6.76. The standard InChI is InChI=1S/C23H25NO6S/c1-29-21-9-5-8-18(14-21)10-11-23(26)30-16-22(25)24(15-19-6-3-2-4-7-19)20-12-13-31(27,28)17-20/h2-11,14,20H,12-13,15-17H2,1H3. The molecule has 1 saturated heterocycles. The van der Waals surface area contributed by atoms with Crippen LogP contribution in [-0.4, -0.2) is 56.5 Å². The molecule has 0 radical (unpaired) electrons. The van der Waals surface area contributed by atoms with Gasteiger partial charge in [0.1, 0.15) is 5.75 Å². The number of ether oxygens (including phenoxy) is 2. The SMILES string of the molecule is COc1cccc(C=CC(=O)OCC(=O)N(Cc2ccccc2)C2CCS(=O)(=O)C2)c1. The molecule has 1 amide bonds. The first-order valence-corrected chi connectivity index (χ1v) is 11.7. The van der Waals surface area contributed by atoms with Crippen LogP contribution < -0.4 is 4.74 Å². The van der Waals surface area contributed by atoms with Crippen LogP contribution in [0.25, 0.3) is 6.08 Å². The molecule has 0 saturated carbocycles. The van der Waals surface area contributed by atoms with E-state index in [0.717, 1.165) is 11.1 Å². The molecule has 3 rings (SSSR count). The van der Waals surface area contributed by atoms with Gasteiger partial charge in [-0.1, -0.05) is 42.5 Å². The van der Waals surface area contributed by atoms with Crippen molar-refractivity contribution < 1.29 is 27.5 Å². The first kappa shape index (κ1) is 22.6. The molecule has 0 spiro atoms. The summed E-state index contributed by atoms with van der Waals surface area (Å²) in [4.78, 5) is 26.4. The van der Waals surface area contributed by atoms with E-state index in [2.05, 4.69) is 0 Å². The molecule has 1 aliphatic rings. The molecule has 164 valence electrons. The van der Waals surface area contributed by atoms with E-state index in [4.69, 9.17) is 9.47 Å². The summed E-state index contributed by atoms with van der Waals surface area (Å²) >= 11 is 0. The second-order valence-corrected chi connectivity index (χ2v) is 9.51. The number of rotatable bonds is 8. The van der Waals surface area contributed by atoms with E-state index in [1.54, 1.807) is 37.5 Å². The molecule has 31 heavy (non-hydrogen) atoms. The van der Waals surface area contributed by atoms with Gasteiger partial charge in [-0.2, -0.15) is 0 Å². The van der Waals surface area contributed by atoms with Crippen molar-refractivity contribution in [1.29, 1.82) is 0 Å². The number of carbonyl (C=O) groups is 2. The number of esters is 1. The molecule has 0 N–H and O–H groups in total. The molecule has 1 unspecified atom stereocenters. The van der Waals surface area contributed by atoms with Crippen molar-refractivity contribution in [2.45, 2.75) is 19.0 Å². The first-order valence-electron chi connectivity index (χ1n) is 9.89. The Morgan fingerprint density at radius 1 is 1.13 bits per heavy atom. The van der Waals surface area contributed by atoms with E-state index in [9.17, 15) is 18.0 Å². The summed E-state index contributed by atoms with van der Waals surface area (Å²) in [5.74, 6) is -0.438. The van der Waals surface area contributed by atoms with Gasteiger partial charge in [0.2, 0.25) is 0 Å². The maximum atomic E-state index is 12.8. The molecule has 1 aliphatic heterocycles. The Hall–Kier alpha value is -3.13. The lowest BCUT2D eigenvalue weighted by atomic mass is 10.1. The molecule has 1 atom stereocenters. The van der Waals surface area contributed by atoms with Crippen molar-refractivity contribution in [2.75, 3.05) is 25.2 Å². The van der Waals surface area contributed by atoms with E-state index < -0.39 is 34.4 Å². The predicted octanol–water partition coefficient (Wildman–Crippen LogP) is 2.47. The lowest BCUT2D eigenvalue weighted by Gasteiger charge is -2.28. The van der Waals surface area contributed by atoms with Crippen LogP contribution in [0.1, 0.15) is 17.5 Å². The fourth-order valence-electron chi connectivity index (χ4n) is 3.40. The van der Waals surface area contributed by atoms with Crippen LogP contribution in [0.4, 0.5) is 0 Å². The normalized spacial score (nSPS) is 17.4. The number of methoxy groups -OCH3 is 1. The minimum absolute atomic E-state index is 0.0549. The Morgan fingerprint density at radius 3 is 2.58 bits per heavy atom. The van der Waals surface area contributed by atoms with Crippen LogP contribution in [0.5, 0.6) is 5.75 Å². The van der Waals surface area contributed by atoms with Gasteiger partial charge in [0.25, 0.3) is 5.91 Å². The monoisotopic (exact) mass is 443 g/mol. The number of benzene rings is 2. The summed E-state index contributed by atoms with van der Waals surface area (Å²) < 4.78 is 34.1. The van der Waals surface area contributed by atoms with Crippen molar-refractivity contribution in [1.82, 2.24) is 4.90 Å². The van der Waals surface area contributed by atoms with Crippen molar-refractivity contribution in [3.8, 4) is 5.75 Å². The van der Waals surface area contributed by atoms with Crippen LogP contribution >= 0.6 is 0 Å². The maximum Gasteiger partial charge on any atom is 0.331 e. The molecular weight excluding hydrogens is 418 g/mol. The van der Waals surface area contributed by atoms with E-state index in [1.807, 2.05) is 30.3 Å². The van der Waals surface area contributed by atoms with Crippen molar-refractivity contribution >= 4 is 27.8 Å². The number of nitrogens with zero attached hydrogens (tertiary/aromatic N) is 1. The average Bonchev–Trinajstić information content (AvgIpc) is 3.14. The molecule has 8 heteroatoms. The minimum Gasteiger partial charge on any atom is -0.497 e. The van der Waals surface area contributed by atoms with Gasteiger partial charge in [-0.25, -0.2) is 13.2 Å². The zero-order valence-corrected chi connectivity index (χ0v) is 18.1. The second-order valence-electron chi connectivity index (χ2n) is 7.28. The summed E-state index contributed by atoms with van der Waals surface area (Å²) in [6.45, 7) is -0.193. The van der Waals surface area contributed by atoms with Crippen LogP contribution in [0.3, 0.4) is 0 Å². The van der Waals surface area contributed by atoms with E-state index in [0.29, 0.717) is 12.2 Å². The molecule has 0 aliphatic carbocycles. The Labute approximate surface area is 182 Å². The van der Waals surface area contributed by atoms with Crippen LogP contribution in [0.2, 0.25) is 0 Å². The lowest BCUT2D eigenvalue weighted by molar-refractivity contribution is -0.149. The van der Waals surface area contributed by atoms with Gasteiger partial charge in [0.05, 0.1) is 18.6 Å². The average molecular weight is 444 g/mol. The molecule has 7 nitrogen and oxygen atoms in total. The summed E-state index contributed by atoms with van der Waals surface area (Å²) in [6.07, 6.45) is 3.19. The third-order valence-electron chi connectivity index (χ3n) is 5.01. The van der Waals surface area contributed by atoms with Gasteiger partial charge < -0.3 is 14.4 Å². The first-order chi connectivity index (χ1) is 14.9. The quantitative estimate of drug-likeness (QED) is 0.460. The number of hydrogen-bond donors (Lipinski definition) is 0. The molecule has 2 aromatic carbocycles. The van der Waals surface area contributed by atoms with E-state index in [1.165, 1.54) is 11.0 Å². The topological polar surface area (TPSA) is 90.0 Å². The minimum atomic E-state index is -3.17. The smallest absolute Gasteiger partial charge is 0.331 e. The second kappa shape index (κ2) is 10.3. The summed E-state index contributed by atoms with van der Waals surface area (Å²) in [7, 11) is -1.61. The fourth-order valence-corrected chi connectivity index (χ4v) is 5.13. The summed E-state index contributed by atoms with van der Waals surface area (Å²) in [6, 6.07) is 16.0. The molecular formula is C23H25NO6S. The van der Waals surface area contributed by atoms with Crippen molar-refractivity contribution in [3.63, 3.8) is 0 Å². The number of amides is 1. The van der Waals surface area contributed by atoms with Crippen LogP contribution in [-0.2, 0) is 30.7 Å². The van der Waals surface area contributed by atoms with Crippen molar-refractivity contribution in [2.24, 2.45) is 0 Å². The third kappa shape index (κ3) is 6.68. The molecule has 0 bridgehead atoms. The Bertz CT molecular complexity index is 1050. The van der Waals surface area contributed by atoms with Crippen LogP contribution in [0, 0.1) is 0 Å². The highest BCUT2D eigenvalue weighted by Gasteiger charge is 2.34. The Morgan fingerprint density at radius 2 is 1.90 bits per heavy atom. The van der Waals surface area contributed by atoms with Crippen molar-refractivity contribution in [3.05, 3.63) is 71.8 Å².